The van der Waals surface area contributed by atoms with Crippen molar-refractivity contribution in [2.24, 2.45) is 5.10 Å². The smallest absolute Gasteiger partial charge is 0.338 e. The Labute approximate surface area is 212 Å². The van der Waals surface area contributed by atoms with Gasteiger partial charge in [0.05, 0.1) is 22.2 Å². The number of fused-ring (bicyclic) bond motifs is 1. The van der Waals surface area contributed by atoms with Gasteiger partial charge in [0.1, 0.15) is 0 Å². The van der Waals surface area contributed by atoms with Crippen molar-refractivity contribution in [1.29, 1.82) is 0 Å². The highest BCUT2D eigenvalue weighted by Crippen LogP contribution is 2.33. The summed E-state index contributed by atoms with van der Waals surface area (Å²) >= 11 is 0. The van der Waals surface area contributed by atoms with Crippen molar-refractivity contribution in [3.63, 3.8) is 0 Å². The van der Waals surface area contributed by atoms with Crippen LogP contribution in [0.25, 0.3) is 10.8 Å². The second-order valence-corrected chi connectivity index (χ2v) is 8.81. The van der Waals surface area contributed by atoms with Gasteiger partial charge in [-0.15, -0.1) is 0 Å². The molecule has 0 aromatic heterocycles. The van der Waals surface area contributed by atoms with Gasteiger partial charge in [-0.2, -0.15) is 5.10 Å². The molecular weight excluding hydrogens is 470 g/mol. The van der Waals surface area contributed by atoms with Crippen LogP contribution in [0.4, 0.5) is 5.69 Å². The maximum atomic E-state index is 13.2. The molecule has 4 aromatic carbocycles. The largest absolute Gasteiger partial charge is 0.452 e. The Morgan fingerprint density at radius 2 is 1.70 bits per heavy atom. The summed E-state index contributed by atoms with van der Waals surface area (Å²) in [7, 11) is 0. The number of rotatable bonds is 6. The van der Waals surface area contributed by atoms with Crippen LogP contribution in [-0.2, 0) is 9.53 Å². The molecule has 1 aliphatic heterocycles. The summed E-state index contributed by atoms with van der Waals surface area (Å²) in [6.07, 6.45) is 0.517. The number of hydrazone groups is 1. The number of carbonyl (C=O) groups excluding carboxylic acids is 2. The molecule has 184 valence electrons. The fourth-order valence-corrected chi connectivity index (χ4v) is 4.48. The summed E-state index contributed by atoms with van der Waals surface area (Å²) in [4.78, 5) is 36.3. The van der Waals surface area contributed by atoms with Crippen LogP contribution in [0.1, 0.15) is 39.5 Å². The molecular formula is C29H23N3O5. The molecule has 0 unspecified atom stereocenters. The normalized spacial score (nSPS) is 14.9. The molecule has 0 N–H and O–H groups in total. The molecule has 1 aliphatic rings. The Hall–Kier alpha value is -4.85. The van der Waals surface area contributed by atoms with Gasteiger partial charge in [0.2, 0.25) is 0 Å². The molecule has 1 heterocycles. The van der Waals surface area contributed by atoms with Crippen molar-refractivity contribution >= 4 is 34.0 Å². The molecule has 1 amide bonds. The third kappa shape index (κ3) is 4.95. The van der Waals surface area contributed by atoms with Crippen molar-refractivity contribution in [3.8, 4) is 0 Å². The molecule has 8 heteroatoms. The summed E-state index contributed by atoms with van der Waals surface area (Å²) in [6, 6.07) is 27.3. The van der Waals surface area contributed by atoms with Gasteiger partial charge in [0.25, 0.3) is 11.6 Å². The molecule has 0 saturated heterocycles. The minimum absolute atomic E-state index is 0.0917. The SMILES string of the molecule is Cc1cc(C(=O)OCC(=O)N2N=C(c3ccc4ccccc4c3)C[C@H]2c2ccccc2)ccc1[N+](=O)[O-]. The highest BCUT2D eigenvalue weighted by Gasteiger charge is 2.33. The molecule has 0 fully saturated rings. The Bertz CT molecular complexity index is 1550. The van der Waals surface area contributed by atoms with E-state index in [2.05, 4.69) is 11.2 Å². The maximum absolute atomic E-state index is 13.2. The van der Waals surface area contributed by atoms with Crippen molar-refractivity contribution in [1.82, 2.24) is 5.01 Å². The highest BCUT2D eigenvalue weighted by molar-refractivity contribution is 6.05. The van der Waals surface area contributed by atoms with Gasteiger partial charge in [-0.25, -0.2) is 9.80 Å². The van der Waals surface area contributed by atoms with Crippen LogP contribution in [0, 0.1) is 17.0 Å². The van der Waals surface area contributed by atoms with Gasteiger partial charge in [0, 0.05) is 18.1 Å². The summed E-state index contributed by atoms with van der Waals surface area (Å²) in [5.74, 6) is -1.20. The molecule has 1 atom stereocenters. The zero-order valence-electron chi connectivity index (χ0n) is 20.0. The lowest BCUT2D eigenvalue weighted by molar-refractivity contribution is -0.385. The summed E-state index contributed by atoms with van der Waals surface area (Å²) in [5.41, 5.74) is 2.99. The van der Waals surface area contributed by atoms with Crippen LogP contribution in [0.5, 0.6) is 0 Å². The second kappa shape index (κ2) is 10.0. The van der Waals surface area contributed by atoms with Crippen molar-refractivity contribution in [2.75, 3.05) is 6.61 Å². The average Bonchev–Trinajstić information content (AvgIpc) is 3.37. The number of ether oxygens (including phenoxy) is 1. The van der Waals surface area contributed by atoms with Gasteiger partial charge < -0.3 is 4.74 Å². The van der Waals surface area contributed by atoms with E-state index in [1.807, 2.05) is 66.7 Å². The zero-order chi connectivity index (χ0) is 25.9. The number of nitro groups is 1. The zero-order valence-corrected chi connectivity index (χ0v) is 20.0. The van der Waals surface area contributed by atoms with Crippen LogP contribution in [0.2, 0.25) is 0 Å². The summed E-state index contributed by atoms with van der Waals surface area (Å²) in [5, 5.41) is 19.3. The van der Waals surface area contributed by atoms with Crippen molar-refractivity contribution < 1.29 is 19.2 Å². The van der Waals surface area contributed by atoms with Gasteiger partial charge >= 0.3 is 5.97 Å². The molecule has 0 saturated carbocycles. The third-order valence-corrected chi connectivity index (χ3v) is 6.39. The van der Waals surface area contributed by atoms with Crippen LogP contribution in [-0.4, -0.2) is 34.1 Å². The highest BCUT2D eigenvalue weighted by atomic mass is 16.6. The average molecular weight is 494 g/mol. The number of carbonyl (C=O) groups is 2. The molecule has 8 nitrogen and oxygen atoms in total. The van der Waals surface area contributed by atoms with Crippen LogP contribution >= 0.6 is 0 Å². The second-order valence-electron chi connectivity index (χ2n) is 8.81. The molecule has 37 heavy (non-hydrogen) atoms. The first-order valence-corrected chi connectivity index (χ1v) is 11.8. The van der Waals surface area contributed by atoms with E-state index in [-0.39, 0.29) is 17.3 Å². The van der Waals surface area contributed by atoms with Crippen LogP contribution in [0.3, 0.4) is 0 Å². The molecule has 0 aliphatic carbocycles. The van der Waals surface area contributed by atoms with Gasteiger partial charge in [-0.05, 0) is 47.0 Å². The summed E-state index contributed by atoms with van der Waals surface area (Å²) < 4.78 is 5.27. The molecule has 5 rings (SSSR count). The number of nitrogens with zero attached hydrogens (tertiary/aromatic N) is 3. The number of nitro benzene ring substituents is 1. The minimum Gasteiger partial charge on any atom is -0.452 e. The van der Waals surface area contributed by atoms with E-state index in [0.717, 1.165) is 27.6 Å². The van der Waals surface area contributed by atoms with Gasteiger partial charge in [0.15, 0.2) is 6.61 Å². The van der Waals surface area contributed by atoms with E-state index in [4.69, 9.17) is 4.74 Å². The Kier molecular flexibility index (Phi) is 6.47. The molecule has 0 radical (unpaired) electrons. The van der Waals surface area contributed by atoms with Crippen LogP contribution < -0.4 is 0 Å². The first-order valence-electron chi connectivity index (χ1n) is 11.8. The lowest BCUT2D eigenvalue weighted by Gasteiger charge is -2.21. The summed E-state index contributed by atoms with van der Waals surface area (Å²) in [6.45, 7) is 1.03. The number of aryl methyl sites for hydroxylation is 1. The number of esters is 1. The Morgan fingerprint density at radius 3 is 2.43 bits per heavy atom. The van der Waals surface area contributed by atoms with E-state index < -0.39 is 23.4 Å². The molecule has 4 aromatic rings. The lowest BCUT2D eigenvalue weighted by atomic mass is 9.97. The fraction of sp³-hybridized carbons (Fsp3) is 0.138. The van der Waals surface area contributed by atoms with E-state index in [1.54, 1.807) is 0 Å². The monoisotopic (exact) mass is 493 g/mol. The van der Waals surface area contributed by atoms with Crippen molar-refractivity contribution in [3.05, 3.63) is 123 Å². The van der Waals surface area contributed by atoms with E-state index >= 15 is 0 Å². The lowest BCUT2D eigenvalue weighted by Crippen LogP contribution is -2.31. The maximum Gasteiger partial charge on any atom is 0.338 e. The number of benzene rings is 4. The first-order chi connectivity index (χ1) is 17.9. The third-order valence-electron chi connectivity index (χ3n) is 6.39. The van der Waals surface area contributed by atoms with Crippen molar-refractivity contribution in [2.45, 2.75) is 19.4 Å². The van der Waals surface area contributed by atoms with E-state index in [1.165, 1.54) is 30.1 Å². The number of amides is 1. The molecule has 0 spiro atoms. The minimum atomic E-state index is -0.736. The predicted molar refractivity (Wildman–Crippen MR) is 139 cm³/mol. The predicted octanol–water partition coefficient (Wildman–Crippen LogP) is 5.59. The number of hydrogen-bond donors (Lipinski definition) is 0. The topological polar surface area (TPSA) is 102 Å². The van der Waals surface area contributed by atoms with E-state index in [0.29, 0.717) is 12.0 Å². The van der Waals surface area contributed by atoms with E-state index in [9.17, 15) is 19.7 Å². The molecule has 0 bridgehead atoms. The standard InChI is InChI=1S/C29H23N3O5/c1-19-15-24(13-14-26(19)32(35)36)29(34)37-18-28(33)31-27(21-8-3-2-4-9-21)17-25(30-31)23-12-11-20-7-5-6-10-22(20)16-23/h2-16,27H,17-18H2,1H3/t27-/m0/s1. The van der Waals surface area contributed by atoms with Gasteiger partial charge in [-0.1, -0.05) is 66.7 Å². The number of hydrogen-bond acceptors (Lipinski definition) is 6. The Balaban J connectivity index is 1.37. The fourth-order valence-electron chi connectivity index (χ4n) is 4.48. The van der Waals surface area contributed by atoms with Gasteiger partial charge in [-0.3, -0.25) is 14.9 Å². The van der Waals surface area contributed by atoms with Crippen LogP contribution in [0.15, 0.2) is 96.1 Å². The first kappa shape index (κ1) is 23.9. The Morgan fingerprint density at radius 1 is 0.973 bits per heavy atom. The quantitative estimate of drug-likeness (QED) is 0.198.